The molecular formula is C22H28O8. The Morgan fingerprint density at radius 3 is 2.17 bits per heavy atom. The lowest BCUT2D eigenvalue weighted by atomic mass is 10.00. The molecule has 0 radical (unpaired) electrons. The molecule has 0 saturated carbocycles. The lowest BCUT2D eigenvalue weighted by molar-refractivity contribution is 0.0504. The number of hydrogen-bond acceptors (Lipinski definition) is 8. The molecular weight excluding hydrogens is 392 g/mol. The molecule has 0 heterocycles. The van der Waals surface area contributed by atoms with Gasteiger partial charge in [-0.1, -0.05) is 0 Å². The summed E-state index contributed by atoms with van der Waals surface area (Å²) < 4.78 is 26.9. The minimum absolute atomic E-state index is 0.0383. The van der Waals surface area contributed by atoms with Crippen molar-refractivity contribution in [2.45, 2.75) is 34.3 Å². The van der Waals surface area contributed by atoms with E-state index in [0.717, 1.165) is 5.56 Å². The average Bonchev–Trinajstić information content (AvgIpc) is 2.73. The summed E-state index contributed by atoms with van der Waals surface area (Å²) in [4.78, 5) is 12.4. The zero-order valence-electron chi connectivity index (χ0n) is 18.3. The molecule has 30 heavy (non-hydrogen) atoms. The summed E-state index contributed by atoms with van der Waals surface area (Å²) in [5.74, 6) is 0.303. The number of aliphatic hydroxyl groups excluding tert-OH is 1. The Bertz CT molecular complexity index is 949. The number of aliphatic hydroxyl groups is 1. The van der Waals surface area contributed by atoms with E-state index in [-0.39, 0.29) is 36.2 Å². The summed E-state index contributed by atoms with van der Waals surface area (Å²) in [6.07, 6.45) is 0. The van der Waals surface area contributed by atoms with E-state index >= 15 is 0 Å². The van der Waals surface area contributed by atoms with Gasteiger partial charge in [-0.05, 0) is 39.3 Å². The number of ether oxygens (including phenoxy) is 5. The van der Waals surface area contributed by atoms with Crippen LogP contribution in [0, 0.1) is 27.7 Å². The topological polar surface area (TPSA) is 104 Å². The summed E-state index contributed by atoms with van der Waals surface area (Å²) >= 11 is 0. The normalized spacial score (nSPS) is 10.7. The van der Waals surface area contributed by atoms with Crippen LogP contribution in [0.1, 0.15) is 38.2 Å². The van der Waals surface area contributed by atoms with Crippen LogP contribution >= 0.6 is 0 Å². The Kier molecular flexibility index (Phi) is 7.53. The molecule has 0 saturated heterocycles. The van der Waals surface area contributed by atoms with E-state index in [1.165, 1.54) is 21.3 Å². The number of aromatic hydroxyl groups is 1. The van der Waals surface area contributed by atoms with Crippen LogP contribution in [-0.4, -0.2) is 44.3 Å². The largest absolute Gasteiger partial charge is 0.504 e. The number of hydrogen-bond donors (Lipinski definition) is 2. The fourth-order valence-corrected chi connectivity index (χ4v) is 3.27. The number of methoxy groups -OCH3 is 3. The molecule has 0 aliphatic rings. The molecule has 0 unspecified atom stereocenters. The maximum atomic E-state index is 12.4. The fourth-order valence-electron chi connectivity index (χ4n) is 3.27. The van der Waals surface area contributed by atoms with Gasteiger partial charge in [0.15, 0.2) is 18.3 Å². The highest BCUT2D eigenvalue weighted by Crippen LogP contribution is 2.47. The quantitative estimate of drug-likeness (QED) is 0.492. The molecule has 0 aliphatic carbocycles. The van der Waals surface area contributed by atoms with E-state index in [1.807, 2.05) is 6.92 Å². The molecule has 0 atom stereocenters. The van der Waals surface area contributed by atoms with Gasteiger partial charge in [0.05, 0.1) is 20.8 Å². The van der Waals surface area contributed by atoms with Gasteiger partial charge >= 0.3 is 5.97 Å². The number of phenolic OH excluding ortho intramolecular Hbond substituents is 1. The van der Waals surface area contributed by atoms with Gasteiger partial charge < -0.3 is 33.9 Å². The predicted molar refractivity (Wildman–Crippen MR) is 110 cm³/mol. The molecule has 2 aromatic rings. The van der Waals surface area contributed by atoms with Gasteiger partial charge in [0.25, 0.3) is 0 Å². The van der Waals surface area contributed by atoms with Crippen LogP contribution in [0.2, 0.25) is 0 Å². The molecule has 8 heteroatoms. The smallest absolute Gasteiger partial charge is 0.342 e. The summed E-state index contributed by atoms with van der Waals surface area (Å²) in [5.41, 5.74) is 2.69. The molecule has 164 valence electrons. The van der Waals surface area contributed by atoms with Gasteiger partial charge in [0.1, 0.15) is 22.8 Å². The number of benzene rings is 2. The molecule has 0 amide bonds. The molecule has 0 aliphatic heterocycles. The van der Waals surface area contributed by atoms with Gasteiger partial charge in [-0.2, -0.15) is 0 Å². The Labute approximate surface area is 175 Å². The van der Waals surface area contributed by atoms with Crippen LogP contribution in [0.15, 0.2) is 6.07 Å². The van der Waals surface area contributed by atoms with E-state index in [9.17, 15) is 15.0 Å². The number of rotatable bonds is 8. The first-order valence-corrected chi connectivity index (χ1v) is 9.25. The molecule has 8 nitrogen and oxygen atoms in total. The second-order valence-electron chi connectivity index (χ2n) is 6.76. The predicted octanol–water partition coefficient (Wildman–Crippen LogP) is 3.69. The van der Waals surface area contributed by atoms with Gasteiger partial charge in [-0.15, -0.1) is 0 Å². The Morgan fingerprint density at radius 2 is 1.63 bits per heavy atom. The van der Waals surface area contributed by atoms with E-state index in [1.54, 1.807) is 26.8 Å². The summed E-state index contributed by atoms with van der Waals surface area (Å²) in [5, 5.41) is 20.7. The maximum Gasteiger partial charge on any atom is 0.342 e. The lowest BCUT2D eigenvalue weighted by Gasteiger charge is -2.22. The van der Waals surface area contributed by atoms with Crippen LogP contribution in [0.4, 0.5) is 0 Å². The van der Waals surface area contributed by atoms with Crippen molar-refractivity contribution in [3.05, 3.63) is 39.4 Å². The van der Waals surface area contributed by atoms with Gasteiger partial charge in [-0.3, -0.25) is 0 Å². The highest BCUT2D eigenvalue weighted by atomic mass is 16.7. The third-order valence-corrected chi connectivity index (χ3v) is 4.95. The van der Waals surface area contributed by atoms with Crippen LogP contribution in [0.5, 0.6) is 28.7 Å². The second-order valence-corrected chi connectivity index (χ2v) is 6.76. The van der Waals surface area contributed by atoms with Crippen LogP contribution in [0.25, 0.3) is 0 Å². The number of aryl methyl sites for hydroxylation is 1. The van der Waals surface area contributed by atoms with Crippen molar-refractivity contribution in [1.82, 2.24) is 0 Å². The van der Waals surface area contributed by atoms with Crippen LogP contribution in [0.3, 0.4) is 0 Å². The van der Waals surface area contributed by atoms with Crippen LogP contribution < -0.4 is 14.2 Å². The Balaban J connectivity index is 2.75. The van der Waals surface area contributed by atoms with E-state index in [4.69, 9.17) is 23.7 Å². The molecule has 0 bridgehead atoms. The molecule has 0 spiro atoms. The lowest BCUT2D eigenvalue weighted by Crippen LogP contribution is -2.10. The summed E-state index contributed by atoms with van der Waals surface area (Å²) in [7, 11) is 4.18. The van der Waals surface area contributed by atoms with Crippen molar-refractivity contribution in [2.24, 2.45) is 0 Å². The first-order chi connectivity index (χ1) is 14.2. The Hall–Kier alpha value is -2.97. The van der Waals surface area contributed by atoms with Crippen molar-refractivity contribution in [1.29, 1.82) is 0 Å². The average molecular weight is 420 g/mol. The minimum atomic E-state index is -0.621. The third-order valence-electron chi connectivity index (χ3n) is 4.95. The monoisotopic (exact) mass is 420 g/mol. The maximum absolute atomic E-state index is 12.4. The van der Waals surface area contributed by atoms with Gasteiger partial charge in [-0.25, -0.2) is 4.79 Å². The Morgan fingerprint density at radius 1 is 0.967 bits per heavy atom. The standard InChI is InChI=1S/C22H28O8/c1-11-8-16(29-10-26-5)12(2)19(15(11)9-23)30-21-13(3)17(22(25)28-7)20(27-6)14(4)18(21)24/h8,23-24H,9-10H2,1-7H3. The highest BCUT2D eigenvalue weighted by molar-refractivity contribution is 5.96. The SMILES string of the molecule is COCOc1cc(C)c(CO)c(Oc2c(C)c(C(=O)OC)c(OC)c(C)c2O)c1C. The van der Waals surface area contributed by atoms with Crippen LogP contribution in [-0.2, 0) is 16.1 Å². The van der Waals surface area contributed by atoms with Gasteiger partial charge in [0, 0.05) is 29.4 Å². The summed E-state index contributed by atoms with van der Waals surface area (Å²) in [6, 6.07) is 1.78. The van der Waals surface area contributed by atoms with Crippen molar-refractivity contribution >= 4 is 5.97 Å². The molecule has 0 aromatic heterocycles. The van der Waals surface area contributed by atoms with Crippen molar-refractivity contribution < 1.29 is 38.7 Å². The van der Waals surface area contributed by atoms with E-state index in [0.29, 0.717) is 33.8 Å². The first-order valence-electron chi connectivity index (χ1n) is 9.25. The number of esters is 1. The van der Waals surface area contributed by atoms with Crippen molar-refractivity contribution in [2.75, 3.05) is 28.1 Å². The highest BCUT2D eigenvalue weighted by Gasteiger charge is 2.28. The molecule has 2 N–H and O–H groups in total. The zero-order chi connectivity index (χ0) is 22.6. The first kappa shape index (κ1) is 23.3. The van der Waals surface area contributed by atoms with Gasteiger partial charge in [0.2, 0.25) is 0 Å². The number of phenols is 1. The van der Waals surface area contributed by atoms with E-state index in [2.05, 4.69) is 0 Å². The molecule has 2 rings (SSSR count). The second kappa shape index (κ2) is 9.69. The third kappa shape index (κ3) is 4.15. The van der Waals surface area contributed by atoms with E-state index < -0.39 is 5.97 Å². The molecule has 0 fully saturated rings. The molecule has 2 aromatic carbocycles. The zero-order valence-corrected chi connectivity index (χ0v) is 18.3. The van der Waals surface area contributed by atoms with Crippen molar-refractivity contribution in [3.63, 3.8) is 0 Å². The fraction of sp³-hybridized carbons (Fsp3) is 0.409. The minimum Gasteiger partial charge on any atom is -0.504 e. The summed E-state index contributed by atoms with van der Waals surface area (Å²) in [6.45, 7) is 6.56. The number of carbonyl (C=O) groups is 1. The number of carbonyl (C=O) groups excluding carboxylic acids is 1. The van der Waals surface area contributed by atoms with Crippen molar-refractivity contribution in [3.8, 4) is 28.7 Å².